The Kier molecular flexibility index (Phi) is 7.20. The van der Waals surface area contributed by atoms with Crippen LogP contribution in [0.2, 0.25) is 0 Å². The first kappa shape index (κ1) is 24.1. The highest BCUT2D eigenvalue weighted by Gasteiger charge is 2.60. The summed E-state index contributed by atoms with van der Waals surface area (Å²) >= 11 is 0. The van der Waals surface area contributed by atoms with Crippen molar-refractivity contribution in [2.45, 2.75) is 123 Å². The molecular formula is C29H52O2. The summed E-state index contributed by atoms with van der Waals surface area (Å²) in [6.45, 7) is 10.8. The summed E-state index contributed by atoms with van der Waals surface area (Å²) < 4.78 is 5.23. The van der Waals surface area contributed by atoms with Crippen LogP contribution in [0.3, 0.4) is 0 Å². The molecule has 4 saturated carbocycles. The van der Waals surface area contributed by atoms with Crippen LogP contribution in [0.5, 0.6) is 0 Å². The van der Waals surface area contributed by atoms with Gasteiger partial charge in [-0.2, -0.15) is 0 Å². The van der Waals surface area contributed by atoms with Crippen molar-refractivity contribution in [2.24, 2.45) is 46.3 Å². The third-order valence-corrected chi connectivity index (χ3v) is 11.4. The fourth-order valence-corrected chi connectivity index (χ4v) is 9.45. The van der Waals surface area contributed by atoms with Crippen LogP contribution in [-0.4, -0.2) is 24.4 Å². The third kappa shape index (κ3) is 4.64. The first-order chi connectivity index (χ1) is 14.7. The molecule has 0 amide bonds. The lowest BCUT2D eigenvalue weighted by molar-refractivity contribution is -0.146. The zero-order chi connectivity index (χ0) is 22.3. The average Bonchev–Trinajstić information content (AvgIpc) is 3.05. The van der Waals surface area contributed by atoms with Crippen LogP contribution in [-0.2, 0) is 4.74 Å². The Morgan fingerprint density at radius 2 is 1.61 bits per heavy atom. The molecule has 2 nitrogen and oxygen atoms in total. The maximum atomic E-state index is 10.7. The molecule has 0 spiro atoms. The van der Waals surface area contributed by atoms with E-state index < -0.39 is 5.60 Å². The van der Waals surface area contributed by atoms with E-state index in [1.165, 1.54) is 77.0 Å². The van der Waals surface area contributed by atoms with Gasteiger partial charge in [-0.3, -0.25) is 0 Å². The van der Waals surface area contributed by atoms with Gasteiger partial charge in [0.2, 0.25) is 0 Å². The quantitative estimate of drug-likeness (QED) is 0.399. The van der Waals surface area contributed by atoms with Gasteiger partial charge in [0.15, 0.2) is 0 Å². The zero-order valence-electron chi connectivity index (χ0n) is 21.4. The number of fused-ring (bicyclic) bond motifs is 5. The Morgan fingerprint density at radius 3 is 2.39 bits per heavy atom. The molecule has 0 aromatic heterocycles. The predicted molar refractivity (Wildman–Crippen MR) is 130 cm³/mol. The Bertz CT molecular complexity index is 600. The van der Waals surface area contributed by atoms with Crippen LogP contribution in [0.4, 0.5) is 0 Å². The molecule has 0 saturated heterocycles. The molecular weight excluding hydrogens is 380 g/mol. The minimum Gasteiger partial charge on any atom is -0.390 e. The number of rotatable bonds is 8. The second-order valence-electron chi connectivity index (χ2n) is 13.3. The third-order valence-electron chi connectivity index (χ3n) is 11.4. The summed E-state index contributed by atoms with van der Waals surface area (Å²) in [6, 6.07) is 0. The molecule has 0 radical (unpaired) electrons. The Hall–Kier alpha value is -0.0800. The van der Waals surface area contributed by atoms with Gasteiger partial charge in [0.25, 0.3) is 0 Å². The molecule has 4 aliphatic rings. The molecule has 31 heavy (non-hydrogen) atoms. The zero-order valence-corrected chi connectivity index (χ0v) is 21.4. The number of methoxy groups -OCH3 is 1. The fraction of sp³-hybridized carbons (Fsp3) is 1.00. The van der Waals surface area contributed by atoms with E-state index in [4.69, 9.17) is 4.74 Å². The number of hydrogen-bond donors (Lipinski definition) is 1. The van der Waals surface area contributed by atoms with Crippen molar-refractivity contribution in [2.75, 3.05) is 13.7 Å². The van der Waals surface area contributed by atoms with Gasteiger partial charge in [-0.05, 0) is 130 Å². The van der Waals surface area contributed by atoms with Gasteiger partial charge >= 0.3 is 0 Å². The van der Waals surface area contributed by atoms with Crippen LogP contribution in [0, 0.1) is 46.3 Å². The van der Waals surface area contributed by atoms with Gasteiger partial charge in [-0.25, -0.2) is 0 Å². The minimum atomic E-state index is -0.403. The highest BCUT2D eigenvalue weighted by Crippen LogP contribution is 2.68. The average molecular weight is 433 g/mol. The number of hydrogen-bond acceptors (Lipinski definition) is 2. The molecule has 0 heterocycles. The Labute approximate surface area is 193 Å². The van der Waals surface area contributed by atoms with Gasteiger partial charge in [0.1, 0.15) is 0 Å². The van der Waals surface area contributed by atoms with E-state index in [9.17, 15) is 5.11 Å². The molecule has 0 aromatic carbocycles. The van der Waals surface area contributed by atoms with E-state index in [0.29, 0.717) is 10.8 Å². The minimum absolute atomic E-state index is 0.403. The Morgan fingerprint density at radius 1 is 0.871 bits per heavy atom. The van der Waals surface area contributed by atoms with Crippen molar-refractivity contribution in [3.63, 3.8) is 0 Å². The first-order valence-corrected chi connectivity index (χ1v) is 13.9. The molecule has 0 aromatic rings. The van der Waals surface area contributed by atoms with E-state index in [1.807, 2.05) is 7.11 Å². The highest BCUT2D eigenvalue weighted by atomic mass is 16.5. The molecule has 1 N–H and O–H groups in total. The molecule has 0 aliphatic heterocycles. The van der Waals surface area contributed by atoms with Crippen molar-refractivity contribution in [3.05, 3.63) is 0 Å². The molecule has 4 rings (SSSR count). The second kappa shape index (κ2) is 9.28. The smallest absolute Gasteiger partial charge is 0.0622 e. The Balaban J connectivity index is 1.35. The van der Waals surface area contributed by atoms with Crippen molar-refractivity contribution in [1.82, 2.24) is 0 Å². The maximum Gasteiger partial charge on any atom is 0.0622 e. The molecule has 0 bridgehead atoms. The lowest BCUT2D eigenvalue weighted by atomic mass is 9.44. The van der Waals surface area contributed by atoms with E-state index in [1.54, 1.807) is 0 Å². The molecule has 2 unspecified atom stereocenters. The standard InChI is InChI=1S/C29H52O2/c1-21(9-7-19-31-5)8-6-10-22-12-14-25-24-13-11-23-20-27(2,30)17-18-29(23,4)26(24)15-16-28(22,25)3/h21-26,30H,6-20H2,1-5H3/t21-,22+,23+,24+,25?,26?,27+,28-,29+/m1/s1. The van der Waals surface area contributed by atoms with Crippen molar-refractivity contribution < 1.29 is 9.84 Å². The molecule has 2 heteroatoms. The fourth-order valence-electron chi connectivity index (χ4n) is 9.45. The summed E-state index contributed by atoms with van der Waals surface area (Å²) in [5.41, 5.74) is 0.714. The van der Waals surface area contributed by atoms with Crippen LogP contribution >= 0.6 is 0 Å². The number of ether oxygens (including phenoxy) is 1. The van der Waals surface area contributed by atoms with Crippen LogP contribution < -0.4 is 0 Å². The lowest BCUT2D eigenvalue weighted by Crippen LogP contribution is -2.55. The SMILES string of the molecule is COCCC[C@H](C)CCC[C@H]1CCC2[C@@H]3CC[C@H]4C[C@@](C)(O)CC[C@]4(C)C3CC[C@@]21C. The summed E-state index contributed by atoms with van der Waals surface area (Å²) in [7, 11) is 1.82. The van der Waals surface area contributed by atoms with E-state index in [0.717, 1.165) is 55.0 Å². The maximum absolute atomic E-state index is 10.7. The van der Waals surface area contributed by atoms with Gasteiger partial charge in [-0.1, -0.05) is 33.6 Å². The predicted octanol–water partition coefficient (Wildman–Crippen LogP) is 7.63. The molecule has 4 fully saturated rings. The van der Waals surface area contributed by atoms with Crippen LogP contribution in [0.15, 0.2) is 0 Å². The largest absolute Gasteiger partial charge is 0.390 e. The van der Waals surface area contributed by atoms with Crippen molar-refractivity contribution in [3.8, 4) is 0 Å². The van der Waals surface area contributed by atoms with Crippen LogP contribution in [0.25, 0.3) is 0 Å². The lowest BCUT2D eigenvalue weighted by Gasteiger charge is -2.62. The van der Waals surface area contributed by atoms with Gasteiger partial charge in [0, 0.05) is 13.7 Å². The second-order valence-corrected chi connectivity index (χ2v) is 13.3. The van der Waals surface area contributed by atoms with Gasteiger partial charge in [-0.15, -0.1) is 0 Å². The normalized spacial score (nSPS) is 48.0. The van der Waals surface area contributed by atoms with E-state index in [2.05, 4.69) is 27.7 Å². The van der Waals surface area contributed by atoms with Gasteiger partial charge < -0.3 is 9.84 Å². The molecule has 4 aliphatic carbocycles. The van der Waals surface area contributed by atoms with Gasteiger partial charge in [0.05, 0.1) is 5.60 Å². The topological polar surface area (TPSA) is 29.5 Å². The molecule has 180 valence electrons. The van der Waals surface area contributed by atoms with E-state index in [-0.39, 0.29) is 0 Å². The summed E-state index contributed by atoms with van der Waals surface area (Å²) in [5, 5.41) is 10.7. The first-order valence-electron chi connectivity index (χ1n) is 13.9. The summed E-state index contributed by atoms with van der Waals surface area (Å²) in [4.78, 5) is 0. The van der Waals surface area contributed by atoms with Crippen molar-refractivity contribution in [1.29, 1.82) is 0 Å². The van der Waals surface area contributed by atoms with Crippen LogP contribution in [0.1, 0.15) is 118 Å². The summed E-state index contributed by atoms with van der Waals surface area (Å²) in [6.07, 6.45) is 19.0. The molecule has 9 atom stereocenters. The monoisotopic (exact) mass is 432 g/mol. The van der Waals surface area contributed by atoms with E-state index >= 15 is 0 Å². The number of aliphatic hydroxyl groups is 1. The highest BCUT2D eigenvalue weighted by molar-refractivity contribution is 5.10. The van der Waals surface area contributed by atoms with Crippen molar-refractivity contribution >= 4 is 0 Å². The summed E-state index contributed by atoms with van der Waals surface area (Å²) in [5.74, 6) is 5.48.